The van der Waals surface area contributed by atoms with Crippen LogP contribution in [0.25, 0.3) is 0 Å². The van der Waals surface area contributed by atoms with Crippen molar-refractivity contribution in [3.05, 3.63) is 107 Å². The molecule has 1 N–H and O–H groups in total. The standard InChI is InChI=1S/C28H31BClN5O3/c1-27(2)28(3,4)38-29(37-27)25(22-7-5-8-24(30)15-22)33-26(36)23-16-32-35(19-23)18-21-11-9-20(10-12-21)17-34-14-6-13-31-34/h5-16,19,25H,17-18H2,1-4H3,(H,33,36). The maximum atomic E-state index is 13.3. The van der Waals surface area contributed by atoms with Crippen molar-refractivity contribution in [3.63, 3.8) is 0 Å². The predicted molar refractivity (Wildman–Crippen MR) is 147 cm³/mol. The van der Waals surface area contributed by atoms with E-state index in [0.717, 1.165) is 23.2 Å². The summed E-state index contributed by atoms with van der Waals surface area (Å²) >= 11 is 6.27. The van der Waals surface area contributed by atoms with E-state index >= 15 is 0 Å². The summed E-state index contributed by atoms with van der Waals surface area (Å²) < 4.78 is 16.2. The highest BCUT2D eigenvalue weighted by Gasteiger charge is 2.54. The number of benzene rings is 2. The van der Waals surface area contributed by atoms with Crippen molar-refractivity contribution in [1.29, 1.82) is 0 Å². The summed E-state index contributed by atoms with van der Waals surface area (Å²) in [5.41, 5.74) is 2.40. The van der Waals surface area contributed by atoms with Gasteiger partial charge in [-0.3, -0.25) is 14.2 Å². The van der Waals surface area contributed by atoms with Crippen LogP contribution < -0.4 is 5.32 Å². The van der Waals surface area contributed by atoms with Crippen LogP contribution in [0.15, 0.2) is 79.4 Å². The van der Waals surface area contributed by atoms with Gasteiger partial charge in [0.05, 0.1) is 42.0 Å². The van der Waals surface area contributed by atoms with E-state index in [0.29, 0.717) is 17.1 Å². The highest BCUT2D eigenvalue weighted by Crippen LogP contribution is 2.40. The molecule has 1 atom stereocenters. The monoisotopic (exact) mass is 531 g/mol. The zero-order valence-corrected chi connectivity index (χ0v) is 22.7. The number of nitrogens with one attached hydrogen (secondary N) is 1. The summed E-state index contributed by atoms with van der Waals surface area (Å²) in [5.74, 6) is -0.835. The van der Waals surface area contributed by atoms with Crippen LogP contribution in [0, 0.1) is 0 Å². The molecule has 2 aromatic carbocycles. The smallest absolute Gasteiger partial charge is 0.402 e. The first-order chi connectivity index (χ1) is 18.1. The van der Waals surface area contributed by atoms with Gasteiger partial charge in [-0.15, -0.1) is 0 Å². The second kappa shape index (κ2) is 10.4. The minimum Gasteiger partial charge on any atom is -0.402 e. The molecule has 1 fully saturated rings. The lowest BCUT2D eigenvalue weighted by Crippen LogP contribution is -2.41. The van der Waals surface area contributed by atoms with Gasteiger partial charge in [-0.2, -0.15) is 10.2 Å². The molecule has 10 heteroatoms. The van der Waals surface area contributed by atoms with Gasteiger partial charge < -0.3 is 14.6 Å². The molecule has 0 radical (unpaired) electrons. The molecular weight excluding hydrogens is 501 g/mol. The third-order valence-corrected chi connectivity index (χ3v) is 7.44. The summed E-state index contributed by atoms with van der Waals surface area (Å²) in [5, 5.41) is 12.3. The first-order valence-corrected chi connectivity index (χ1v) is 13.0. The lowest BCUT2D eigenvalue weighted by molar-refractivity contribution is 0.00578. The molecule has 4 aromatic rings. The quantitative estimate of drug-likeness (QED) is 0.326. The zero-order chi connectivity index (χ0) is 26.9. The normalized spacial score (nSPS) is 16.9. The van der Waals surface area contributed by atoms with Gasteiger partial charge in [0.1, 0.15) is 0 Å². The Labute approximate surface area is 228 Å². The van der Waals surface area contributed by atoms with Crippen molar-refractivity contribution in [3.8, 4) is 0 Å². The fraction of sp³-hybridized carbons (Fsp3) is 0.321. The number of aromatic nitrogens is 4. The van der Waals surface area contributed by atoms with Crippen molar-refractivity contribution >= 4 is 24.6 Å². The molecular formula is C28H31BClN5O3. The highest BCUT2D eigenvalue weighted by molar-refractivity contribution is 6.48. The molecule has 1 unspecified atom stereocenters. The average Bonchev–Trinajstić information content (AvgIpc) is 3.59. The summed E-state index contributed by atoms with van der Waals surface area (Å²) in [6.07, 6.45) is 7.02. The Balaban J connectivity index is 1.29. The molecule has 0 bridgehead atoms. The minimum atomic E-state index is -0.683. The number of carbonyl (C=O) groups is 1. The molecule has 1 amide bonds. The number of nitrogens with zero attached hydrogens (tertiary/aromatic N) is 4. The molecule has 0 aliphatic carbocycles. The van der Waals surface area contributed by atoms with Crippen LogP contribution in [0.4, 0.5) is 0 Å². The molecule has 1 saturated heterocycles. The third kappa shape index (κ3) is 5.70. The molecule has 1 aliphatic rings. The second-order valence-electron chi connectivity index (χ2n) is 10.6. The lowest BCUT2D eigenvalue weighted by Gasteiger charge is -2.32. The molecule has 1 aliphatic heterocycles. The summed E-state index contributed by atoms with van der Waals surface area (Å²) in [7, 11) is -0.683. The number of carbonyl (C=O) groups excluding carboxylic acids is 1. The minimum absolute atomic E-state index is 0.273. The van der Waals surface area contributed by atoms with Crippen LogP contribution in [0.1, 0.15) is 60.7 Å². The highest BCUT2D eigenvalue weighted by atomic mass is 35.5. The Morgan fingerprint density at radius 3 is 2.24 bits per heavy atom. The molecule has 0 spiro atoms. The summed E-state index contributed by atoms with van der Waals surface area (Å²) in [6.45, 7) is 9.20. The second-order valence-corrected chi connectivity index (χ2v) is 11.0. The zero-order valence-electron chi connectivity index (χ0n) is 22.0. The van der Waals surface area contributed by atoms with E-state index < -0.39 is 24.3 Å². The SMILES string of the molecule is CC1(C)OB(C(NC(=O)c2cnn(Cc3ccc(Cn4cccn4)cc3)c2)c2cccc(Cl)c2)OC1(C)C. The average molecular weight is 532 g/mol. The van der Waals surface area contributed by atoms with Crippen molar-refractivity contribution in [2.45, 2.75) is 57.9 Å². The number of rotatable bonds is 8. The van der Waals surface area contributed by atoms with Crippen LogP contribution in [-0.2, 0) is 22.4 Å². The maximum Gasteiger partial charge on any atom is 0.486 e. The molecule has 38 heavy (non-hydrogen) atoms. The van der Waals surface area contributed by atoms with Gasteiger partial charge >= 0.3 is 7.12 Å². The first kappa shape index (κ1) is 26.2. The van der Waals surface area contributed by atoms with E-state index in [1.807, 2.05) is 62.8 Å². The first-order valence-electron chi connectivity index (χ1n) is 12.6. The van der Waals surface area contributed by atoms with Gasteiger partial charge in [0.2, 0.25) is 0 Å². The van der Waals surface area contributed by atoms with E-state index in [1.54, 1.807) is 29.3 Å². The van der Waals surface area contributed by atoms with Gasteiger partial charge in [-0.05, 0) is 62.6 Å². The fourth-order valence-electron chi connectivity index (χ4n) is 4.34. The summed E-state index contributed by atoms with van der Waals surface area (Å²) in [6, 6.07) is 17.6. The number of halogens is 1. The van der Waals surface area contributed by atoms with Gasteiger partial charge in [0, 0.05) is 23.6 Å². The Morgan fingerprint density at radius 2 is 1.63 bits per heavy atom. The van der Waals surface area contributed by atoms with E-state index in [2.05, 4.69) is 39.8 Å². The maximum absolute atomic E-state index is 13.3. The van der Waals surface area contributed by atoms with Gasteiger partial charge in [-0.25, -0.2) is 0 Å². The van der Waals surface area contributed by atoms with E-state index in [4.69, 9.17) is 20.9 Å². The number of hydrogen-bond acceptors (Lipinski definition) is 5. The van der Waals surface area contributed by atoms with Crippen LogP contribution in [0.2, 0.25) is 5.02 Å². The number of amides is 1. The Kier molecular flexibility index (Phi) is 7.18. The fourth-order valence-corrected chi connectivity index (χ4v) is 4.54. The third-order valence-electron chi connectivity index (χ3n) is 7.20. The van der Waals surface area contributed by atoms with Gasteiger partial charge in [0.15, 0.2) is 0 Å². The van der Waals surface area contributed by atoms with E-state index in [9.17, 15) is 4.79 Å². The van der Waals surface area contributed by atoms with Gasteiger partial charge in [-0.1, -0.05) is 48.0 Å². The van der Waals surface area contributed by atoms with Crippen molar-refractivity contribution in [2.24, 2.45) is 0 Å². The molecule has 196 valence electrons. The van der Waals surface area contributed by atoms with E-state index in [-0.39, 0.29) is 5.91 Å². The largest absolute Gasteiger partial charge is 0.486 e. The Morgan fingerprint density at radius 1 is 0.974 bits per heavy atom. The predicted octanol–water partition coefficient (Wildman–Crippen LogP) is 4.93. The van der Waals surface area contributed by atoms with Gasteiger partial charge in [0.25, 0.3) is 5.91 Å². The Hall–Kier alpha value is -3.40. The number of hydrogen-bond donors (Lipinski definition) is 1. The molecule has 2 aromatic heterocycles. The van der Waals surface area contributed by atoms with E-state index in [1.165, 1.54) is 0 Å². The topological polar surface area (TPSA) is 83.2 Å². The molecule has 8 nitrogen and oxygen atoms in total. The summed E-state index contributed by atoms with van der Waals surface area (Å²) in [4.78, 5) is 13.3. The van der Waals surface area contributed by atoms with Crippen molar-refractivity contribution < 1.29 is 14.1 Å². The molecule has 5 rings (SSSR count). The molecule has 3 heterocycles. The Bertz CT molecular complexity index is 1390. The lowest BCUT2D eigenvalue weighted by atomic mass is 9.74. The van der Waals surface area contributed by atoms with Crippen LogP contribution >= 0.6 is 11.6 Å². The van der Waals surface area contributed by atoms with Crippen LogP contribution in [0.3, 0.4) is 0 Å². The van der Waals surface area contributed by atoms with Crippen LogP contribution in [-0.4, -0.2) is 43.8 Å². The van der Waals surface area contributed by atoms with Crippen molar-refractivity contribution in [1.82, 2.24) is 24.9 Å². The van der Waals surface area contributed by atoms with Crippen molar-refractivity contribution in [2.75, 3.05) is 0 Å². The van der Waals surface area contributed by atoms with Crippen LogP contribution in [0.5, 0.6) is 0 Å². The molecule has 0 saturated carbocycles.